The molecule has 0 atom stereocenters. The number of carbonyl (C=O) groups excluding carboxylic acids is 1. The van der Waals surface area contributed by atoms with Crippen LogP contribution in [0.4, 0.5) is 0 Å². The third-order valence-corrected chi connectivity index (χ3v) is 3.47. The average Bonchev–Trinajstić information content (AvgIpc) is 2.16. The summed E-state index contributed by atoms with van der Waals surface area (Å²) in [6.07, 6.45) is 2.22. The Morgan fingerprint density at radius 3 is 2.44 bits per heavy atom. The first-order valence-corrected chi connectivity index (χ1v) is 7.09. The fourth-order valence-electron chi connectivity index (χ4n) is 1.55. The summed E-state index contributed by atoms with van der Waals surface area (Å²) in [5, 5.41) is 0. The third-order valence-electron chi connectivity index (χ3n) is 2.31. The third kappa shape index (κ3) is 2.92. The van der Waals surface area contributed by atoms with E-state index in [0.29, 0.717) is 12.0 Å². The van der Waals surface area contributed by atoms with Gasteiger partial charge in [0.1, 0.15) is 0 Å². The topological polar surface area (TPSA) is 51.2 Å². The maximum atomic E-state index is 11.8. The van der Waals surface area contributed by atoms with Crippen molar-refractivity contribution < 1.29 is 13.2 Å². The number of aryl methyl sites for hydroxylation is 1. The zero-order valence-electron chi connectivity index (χ0n) is 9.78. The molecule has 0 aromatic heterocycles. The largest absolute Gasteiger partial charge is 0.294 e. The molecule has 0 heterocycles. The quantitative estimate of drug-likeness (QED) is 0.759. The number of carbonyl (C=O) groups is 1. The number of hydrogen-bond acceptors (Lipinski definition) is 3. The molecule has 0 saturated heterocycles. The fraction of sp³-hybridized carbons (Fsp3) is 0.417. The molecule has 88 valence electrons. The standard InChI is InChI=1S/C12H16O3S/c1-4-5-11(13)10-8-9(2)6-7-12(10)16(3,14)15/h6-8H,4-5H2,1-3H3. The molecule has 3 nitrogen and oxygen atoms in total. The monoisotopic (exact) mass is 240 g/mol. The van der Waals surface area contributed by atoms with Crippen LogP contribution in [0.3, 0.4) is 0 Å². The van der Waals surface area contributed by atoms with Gasteiger partial charge in [-0.3, -0.25) is 4.79 Å². The maximum absolute atomic E-state index is 11.8. The van der Waals surface area contributed by atoms with Gasteiger partial charge < -0.3 is 0 Å². The van der Waals surface area contributed by atoms with E-state index in [1.165, 1.54) is 6.07 Å². The molecule has 1 rings (SSSR count). The minimum atomic E-state index is -3.33. The van der Waals surface area contributed by atoms with E-state index in [0.717, 1.165) is 18.2 Å². The Morgan fingerprint density at radius 1 is 1.31 bits per heavy atom. The molecule has 0 radical (unpaired) electrons. The lowest BCUT2D eigenvalue weighted by atomic mass is 10.0. The minimum Gasteiger partial charge on any atom is -0.294 e. The molecule has 0 unspecified atom stereocenters. The molecule has 4 heteroatoms. The molecule has 0 amide bonds. The molecule has 16 heavy (non-hydrogen) atoms. The van der Waals surface area contributed by atoms with Crippen molar-refractivity contribution in [1.29, 1.82) is 0 Å². The Bertz CT molecular complexity index is 501. The molecule has 0 aliphatic rings. The van der Waals surface area contributed by atoms with Gasteiger partial charge in [-0.2, -0.15) is 0 Å². The van der Waals surface area contributed by atoms with E-state index in [1.807, 2.05) is 13.8 Å². The number of hydrogen-bond donors (Lipinski definition) is 0. The molecule has 0 fully saturated rings. The Morgan fingerprint density at radius 2 is 1.94 bits per heavy atom. The van der Waals surface area contributed by atoms with Gasteiger partial charge in [0.2, 0.25) is 0 Å². The second kappa shape index (κ2) is 4.78. The zero-order valence-corrected chi connectivity index (χ0v) is 10.6. The molecular weight excluding hydrogens is 224 g/mol. The summed E-state index contributed by atoms with van der Waals surface area (Å²) < 4.78 is 23.0. The number of Topliss-reactive ketones (excluding diaryl/α,β-unsaturated/α-hetero) is 1. The Labute approximate surface area is 96.4 Å². The van der Waals surface area contributed by atoms with E-state index in [4.69, 9.17) is 0 Å². The molecule has 0 aliphatic carbocycles. The van der Waals surface area contributed by atoms with Crippen molar-refractivity contribution in [3.8, 4) is 0 Å². The first-order chi connectivity index (χ1) is 7.36. The second-order valence-corrected chi connectivity index (χ2v) is 5.93. The van der Waals surface area contributed by atoms with Gasteiger partial charge in [-0.15, -0.1) is 0 Å². The van der Waals surface area contributed by atoms with Crippen LogP contribution in [-0.2, 0) is 9.84 Å². The van der Waals surface area contributed by atoms with Crippen LogP contribution in [0, 0.1) is 6.92 Å². The van der Waals surface area contributed by atoms with Crippen molar-refractivity contribution in [2.24, 2.45) is 0 Å². The maximum Gasteiger partial charge on any atom is 0.176 e. The van der Waals surface area contributed by atoms with E-state index in [1.54, 1.807) is 12.1 Å². The lowest BCUT2D eigenvalue weighted by Gasteiger charge is -2.07. The van der Waals surface area contributed by atoms with E-state index < -0.39 is 9.84 Å². The highest BCUT2D eigenvalue weighted by molar-refractivity contribution is 7.90. The van der Waals surface area contributed by atoms with Crippen LogP contribution in [-0.4, -0.2) is 20.5 Å². The van der Waals surface area contributed by atoms with Crippen LogP contribution in [0.1, 0.15) is 35.7 Å². The van der Waals surface area contributed by atoms with E-state index >= 15 is 0 Å². The van der Waals surface area contributed by atoms with Crippen LogP contribution in [0.25, 0.3) is 0 Å². The lowest BCUT2D eigenvalue weighted by molar-refractivity contribution is 0.0978. The Kier molecular flexibility index (Phi) is 3.86. The molecule has 0 saturated carbocycles. The number of sulfone groups is 1. The van der Waals surface area contributed by atoms with Gasteiger partial charge >= 0.3 is 0 Å². The van der Waals surface area contributed by atoms with Crippen LogP contribution in [0.15, 0.2) is 23.1 Å². The lowest BCUT2D eigenvalue weighted by Crippen LogP contribution is -2.08. The van der Waals surface area contributed by atoms with Gasteiger partial charge in [-0.05, 0) is 25.5 Å². The molecule has 0 N–H and O–H groups in total. The molecule has 1 aromatic rings. The summed E-state index contributed by atoms with van der Waals surface area (Å²) in [5.41, 5.74) is 1.22. The summed E-state index contributed by atoms with van der Waals surface area (Å²) in [7, 11) is -3.33. The predicted octanol–water partition coefficient (Wildman–Crippen LogP) is 2.38. The van der Waals surface area contributed by atoms with Crippen molar-refractivity contribution in [2.75, 3.05) is 6.26 Å². The van der Waals surface area contributed by atoms with Crippen LogP contribution < -0.4 is 0 Å². The molecule has 0 bridgehead atoms. The summed E-state index contributed by atoms with van der Waals surface area (Å²) in [5.74, 6) is -0.105. The van der Waals surface area contributed by atoms with Gasteiger partial charge in [0.05, 0.1) is 4.90 Å². The average molecular weight is 240 g/mol. The van der Waals surface area contributed by atoms with Crippen molar-refractivity contribution >= 4 is 15.6 Å². The molecular formula is C12H16O3S. The Balaban J connectivity index is 3.35. The van der Waals surface area contributed by atoms with E-state index in [2.05, 4.69) is 0 Å². The van der Waals surface area contributed by atoms with Gasteiger partial charge in [-0.1, -0.05) is 18.6 Å². The smallest absolute Gasteiger partial charge is 0.176 e. The summed E-state index contributed by atoms with van der Waals surface area (Å²) in [4.78, 5) is 11.9. The van der Waals surface area contributed by atoms with Crippen molar-refractivity contribution in [2.45, 2.75) is 31.6 Å². The van der Waals surface area contributed by atoms with E-state index in [-0.39, 0.29) is 10.7 Å². The highest BCUT2D eigenvalue weighted by Gasteiger charge is 2.17. The minimum absolute atomic E-state index is 0.105. The second-order valence-electron chi connectivity index (χ2n) is 3.94. The molecule has 0 aliphatic heterocycles. The highest BCUT2D eigenvalue weighted by Crippen LogP contribution is 2.19. The van der Waals surface area contributed by atoms with Crippen LogP contribution in [0.2, 0.25) is 0 Å². The van der Waals surface area contributed by atoms with Crippen molar-refractivity contribution in [3.63, 3.8) is 0 Å². The van der Waals surface area contributed by atoms with Gasteiger partial charge in [0.15, 0.2) is 15.6 Å². The van der Waals surface area contributed by atoms with Crippen LogP contribution in [0.5, 0.6) is 0 Å². The van der Waals surface area contributed by atoms with Crippen molar-refractivity contribution in [3.05, 3.63) is 29.3 Å². The van der Waals surface area contributed by atoms with Gasteiger partial charge in [-0.25, -0.2) is 8.42 Å². The SMILES string of the molecule is CCCC(=O)c1cc(C)ccc1S(C)(=O)=O. The summed E-state index contributed by atoms with van der Waals surface area (Å²) in [6.45, 7) is 3.74. The Hall–Kier alpha value is -1.16. The number of benzene rings is 1. The van der Waals surface area contributed by atoms with Crippen LogP contribution >= 0.6 is 0 Å². The summed E-state index contributed by atoms with van der Waals surface area (Å²) in [6, 6.07) is 4.86. The summed E-state index contributed by atoms with van der Waals surface area (Å²) >= 11 is 0. The highest BCUT2D eigenvalue weighted by atomic mass is 32.2. The first-order valence-electron chi connectivity index (χ1n) is 5.20. The normalized spacial score (nSPS) is 11.4. The first kappa shape index (κ1) is 12.9. The van der Waals surface area contributed by atoms with E-state index in [9.17, 15) is 13.2 Å². The molecule has 1 aromatic carbocycles. The number of ketones is 1. The van der Waals surface area contributed by atoms with Crippen molar-refractivity contribution in [1.82, 2.24) is 0 Å². The molecule has 0 spiro atoms. The number of rotatable bonds is 4. The predicted molar refractivity (Wildman–Crippen MR) is 63.5 cm³/mol. The van der Waals surface area contributed by atoms with Gasteiger partial charge in [0.25, 0.3) is 0 Å². The van der Waals surface area contributed by atoms with Gasteiger partial charge in [0, 0.05) is 18.2 Å². The fourth-order valence-corrected chi connectivity index (χ4v) is 2.43. The zero-order chi connectivity index (χ0) is 12.3.